The van der Waals surface area contributed by atoms with Crippen LogP contribution >= 0.6 is 11.8 Å². The van der Waals surface area contributed by atoms with Gasteiger partial charge in [0.1, 0.15) is 5.82 Å². The summed E-state index contributed by atoms with van der Waals surface area (Å²) < 4.78 is 5.02. The Labute approximate surface area is 111 Å². The first-order chi connectivity index (χ1) is 8.88. The lowest BCUT2D eigenvalue weighted by molar-refractivity contribution is 0.218. The Kier molecular flexibility index (Phi) is 5.11. The van der Waals surface area contributed by atoms with E-state index in [1.807, 2.05) is 6.20 Å². The van der Waals surface area contributed by atoms with Gasteiger partial charge in [0.25, 0.3) is 0 Å². The van der Waals surface area contributed by atoms with E-state index < -0.39 is 0 Å². The van der Waals surface area contributed by atoms with Crippen LogP contribution in [0.5, 0.6) is 0 Å². The Bertz CT molecular complexity index is 442. The second-order valence-electron chi connectivity index (χ2n) is 3.76. The number of anilines is 1. The molecule has 18 heavy (non-hydrogen) atoms. The minimum absolute atomic E-state index is 0.711. The maximum absolute atomic E-state index is 5.02. The van der Waals surface area contributed by atoms with Crippen LogP contribution in [-0.2, 0) is 11.3 Å². The summed E-state index contributed by atoms with van der Waals surface area (Å²) in [6.07, 6.45) is 3.58. The van der Waals surface area contributed by atoms with Gasteiger partial charge in [-0.15, -0.1) is 11.8 Å². The molecule has 96 valence electrons. The standard InChI is InChI=1S/C13H17N3OS/c1-17-8-9-18-12-4-2-11(3-5-12)16-10-13-14-6-7-15-13/h2-7,16H,8-10H2,1H3,(H,14,15). The zero-order valence-corrected chi connectivity index (χ0v) is 11.2. The van der Waals surface area contributed by atoms with Gasteiger partial charge in [0.2, 0.25) is 0 Å². The first-order valence-electron chi connectivity index (χ1n) is 5.82. The fraction of sp³-hybridized carbons (Fsp3) is 0.308. The fourth-order valence-electron chi connectivity index (χ4n) is 1.49. The number of nitrogens with zero attached hydrogens (tertiary/aromatic N) is 1. The van der Waals surface area contributed by atoms with Gasteiger partial charge in [0, 0.05) is 35.8 Å². The van der Waals surface area contributed by atoms with Crippen molar-refractivity contribution in [3.63, 3.8) is 0 Å². The summed E-state index contributed by atoms with van der Waals surface area (Å²) in [5, 5.41) is 3.31. The summed E-state index contributed by atoms with van der Waals surface area (Å²) >= 11 is 1.80. The molecule has 0 atom stereocenters. The highest BCUT2D eigenvalue weighted by atomic mass is 32.2. The highest BCUT2D eigenvalue weighted by molar-refractivity contribution is 7.99. The van der Waals surface area contributed by atoms with Gasteiger partial charge in [0.05, 0.1) is 13.2 Å². The van der Waals surface area contributed by atoms with Crippen molar-refractivity contribution in [3.8, 4) is 0 Å². The molecule has 0 radical (unpaired) electrons. The molecule has 2 rings (SSSR count). The molecule has 0 fully saturated rings. The van der Waals surface area contributed by atoms with Crippen molar-refractivity contribution in [2.75, 3.05) is 24.8 Å². The molecule has 0 aliphatic heterocycles. The zero-order chi connectivity index (χ0) is 12.6. The van der Waals surface area contributed by atoms with Gasteiger partial charge >= 0.3 is 0 Å². The molecule has 1 heterocycles. The van der Waals surface area contributed by atoms with Crippen LogP contribution in [0.4, 0.5) is 5.69 Å². The molecule has 0 saturated carbocycles. The van der Waals surface area contributed by atoms with Crippen molar-refractivity contribution in [1.29, 1.82) is 0 Å². The number of hydrogen-bond donors (Lipinski definition) is 2. The lowest BCUT2D eigenvalue weighted by Gasteiger charge is -2.06. The van der Waals surface area contributed by atoms with Gasteiger partial charge in [0.15, 0.2) is 0 Å². The molecule has 1 aromatic heterocycles. The van der Waals surface area contributed by atoms with Crippen molar-refractivity contribution in [1.82, 2.24) is 9.97 Å². The number of aromatic amines is 1. The SMILES string of the molecule is COCCSc1ccc(NCc2ncc[nH]2)cc1. The number of aromatic nitrogens is 2. The fourth-order valence-corrected chi connectivity index (χ4v) is 2.31. The lowest BCUT2D eigenvalue weighted by atomic mass is 10.3. The highest BCUT2D eigenvalue weighted by Crippen LogP contribution is 2.20. The number of benzene rings is 1. The molecule has 0 aliphatic rings. The van der Waals surface area contributed by atoms with E-state index >= 15 is 0 Å². The third kappa shape index (κ3) is 4.09. The van der Waals surface area contributed by atoms with Gasteiger partial charge < -0.3 is 15.0 Å². The van der Waals surface area contributed by atoms with E-state index in [9.17, 15) is 0 Å². The molecule has 0 amide bonds. The summed E-state index contributed by atoms with van der Waals surface area (Å²) in [6, 6.07) is 8.39. The van der Waals surface area contributed by atoms with E-state index in [1.54, 1.807) is 25.1 Å². The second kappa shape index (κ2) is 7.08. The molecule has 5 heteroatoms. The molecule has 0 bridgehead atoms. The van der Waals surface area contributed by atoms with E-state index in [4.69, 9.17) is 4.74 Å². The van der Waals surface area contributed by atoms with Crippen LogP contribution < -0.4 is 5.32 Å². The summed E-state index contributed by atoms with van der Waals surface area (Å²) in [5.41, 5.74) is 1.10. The topological polar surface area (TPSA) is 49.9 Å². The molecular weight excluding hydrogens is 246 g/mol. The quantitative estimate of drug-likeness (QED) is 0.596. The Morgan fingerprint density at radius 2 is 2.17 bits per heavy atom. The van der Waals surface area contributed by atoms with E-state index in [2.05, 4.69) is 39.6 Å². The molecule has 4 nitrogen and oxygen atoms in total. The average molecular weight is 263 g/mol. The summed E-state index contributed by atoms with van der Waals surface area (Å²) in [6.45, 7) is 1.49. The Hall–Kier alpha value is -1.46. The summed E-state index contributed by atoms with van der Waals surface area (Å²) in [4.78, 5) is 8.48. The van der Waals surface area contributed by atoms with Gasteiger partial charge in [-0.05, 0) is 24.3 Å². The largest absolute Gasteiger partial charge is 0.384 e. The smallest absolute Gasteiger partial charge is 0.125 e. The summed E-state index contributed by atoms with van der Waals surface area (Å²) in [5.74, 6) is 1.92. The molecule has 0 saturated heterocycles. The Morgan fingerprint density at radius 3 is 2.83 bits per heavy atom. The van der Waals surface area contributed by atoms with Crippen molar-refractivity contribution in [2.24, 2.45) is 0 Å². The number of methoxy groups -OCH3 is 1. The number of hydrogen-bond acceptors (Lipinski definition) is 4. The molecular formula is C13H17N3OS. The maximum Gasteiger partial charge on any atom is 0.125 e. The number of H-pyrrole nitrogens is 1. The number of imidazole rings is 1. The monoisotopic (exact) mass is 263 g/mol. The Balaban J connectivity index is 1.80. The van der Waals surface area contributed by atoms with Crippen LogP contribution in [0.2, 0.25) is 0 Å². The predicted octanol–water partition coefficient (Wildman–Crippen LogP) is 2.76. The third-order valence-electron chi connectivity index (χ3n) is 2.43. The highest BCUT2D eigenvalue weighted by Gasteiger charge is 1.97. The van der Waals surface area contributed by atoms with Crippen LogP contribution in [0, 0.1) is 0 Å². The number of rotatable bonds is 7. The van der Waals surface area contributed by atoms with Crippen LogP contribution in [0.15, 0.2) is 41.6 Å². The predicted molar refractivity (Wildman–Crippen MR) is 75.0 cm³/mol. The van der Waals surface area contributed by atoms with E-state index in [1.165, 1.54) is 4.90 Å². The van der Waals surface area contributed by atoms with Crippen molar-refractivity contribution < 1.29 is 4.74 Å². The van der Waals surface area contributed by atoms with Crippen LogP contribution in [-0.4, -0.2) is 29.4 Å². The number of thioether (sulfide) groups is 1. The van der Waals surface area contributed by atoms with E-state index in [0.29, 0.717) is 6.54 Å². The van der Waals surface area contributed by atoms with Crippen molar-refractivity contribution in [3.05, 3.63) is 42.5 Å². The summed E-state index contributed by atoms with van der Waals surface area (Å²) in [7, 11) is 1.72. The number of ether oxygens (including phenoxy) is 1. The second-order valence-corrected chi connectivity index (χ2v) is 4.92. The minimum Gasteiger partial charge on any atom is -0.384 e. The molecule has 2 N–H and O–H groups in total. The van der Waals surface area contributed by atoms with Crippen LogP contribution in [0.25, 0.3) is 0 Å². The molecule has 0 aliphatic carbocycles. The third-order valence-corrected chi connectivity index (χ3v) is 3.40. The molecule has 0 spiro atoms. The van der Waals surface area contributed by atoms with E-state index in [-0.39, 0.29) is 0 Å². The van der Waals surface area contributed by atoms with Gasteiger partial charge in [-0.2, -0.15) is 0 Å². The number of nitrogens with one attached hydrogen (secondary N) is 2. The molecule has 2 aromatic rings. The normalized spacial score (nSPS) is 10.5. The van der Waals surface area contributed by atoms with Crippen LogP contribution in [0.1, 0.15) is 5.82 Å². The van der Waals surface area contributed by atoms with E-state index in [0.717, 1.165) is 23.9 Å². The van der Waals surface area contributed by atoms with Gasteiger partial charge in [-0.25, -0.2) is 4.98 Å². The molecule has 0 unspecified atom stereocenters. The van der Waals surface area contributed by atoms with Crippen molar-refractivity contribution >= 4 is 17.4 Å². The minimum atomic E-state index is 0.711. The zero-order valence-electron chi connectivity index (χ0n) is 10.3. The lowest BCUT2D eigenvalue weighted by Crippen LogP contribution is -2.00. The van der Waals surface area contributed by atoms with Crippen molar-refractivity contribution in [2.45, 2.75) is 11.4 Å². The molecule has 1 aromatic carbocycles. The van der Waals surface area contributed by atoms with Gasteiger partial charge in [-0.1, -0.05) is 0 Å². The maximum atomic E-state index is 5.02. The van der Waals surface area contributed by atoms with Gasteiger partial charge in [-0.3, -0.25) is 0 Å². The Morgan fingerprint density at radius 1 is 1.33 bits per heavy atom. The first-order valence-corrected chi connectivity index (χ1v) is 6.81. The first kappa shape index (κ1) is 13.0. The van der Waals surface area contributed by atoms with Crippen LogP contribution in [0.3, 0.4) is 0 Å². The average Bonchev–Trinajstić information content (AvgIpc) is 2.91.